The Morgan fingerprint density at radius 1 is 1.06 bits per heavy atom. The Morgan fingerprint density at radius 2 is 1.75 bits per heavy atom. The van der Waals surface area contributed by atoms with Crippen molar-refractivity contribution in [2.75, 3.05) is 5.73 Å². The Hall–Kier alpha value is -1.28. The molecule has 0 bridgehead atoms. The lowest BCUT2D eigenvalue weighted by Crippen LogP contribution is -1.92. The van der Waals surface area contributed by atoms with Crippen LogP contribution in [0.2, 0.25) is 0 Å². The number of benzene rings is 2. The van der Waals surface area contributed by atoms with Crippen LogP contribution in [-0.2, 0) is 6.42 Å². The molecule has 0 radical (unpaired) electrons. The van der Waals surface area contributed by atoms with Gasteiger partial charge in [-0.05, 0) is 54.3 Å². The minimum absolute atomic E-state index is 0.815. The third-order valence-corrected chi connectivity index (χ3v) is 3.18. The largest absolute Gasteiger partial charge is 0.399 e. The molecule has 0 aliphatic heterocycles. The zero-order valence-electron chi connectivity index (χ0n) is 9.20. The summed E-state index contributed by atoms with van der Waals surface area (Å²) in [6.07, 6.45) is 0.950. The Kier molecular flexibility index (Phi) is 3.30. The van der Waals surface area contributed by atoms with Crippen molar-refractivity contribution in [3.05, 3.63) is 63.6 Å². The summed E-state index contributed by atoms with van der Waals surface area (Å²) < 4.78 is 1.13. The van der Waals surface area contributed by atoms with Crippen LogP contribution in [0.1, 0.15) is 16.7 Å². The van der Waals surface area contributed by atoms with Crippen molar-refractivity contribution in [1.29, 1.82) is 0 Å². The quantitative estimate of drug-likeness (QED) is 0.826. The summed E-state index contributed by atoms with van der Waals surface area (Å²) in [5.74, 6) is 0. The van der Waals surface area contributed by atoms with Crippen LogP contribution in [0.4, 0.5) is 5.69 Å². The van der Waals surface area contributed by atoms with Gasteiger partial charge in [-0.15, -0.1) is 0 Å². The molecule has 2 N–H and O–H groups in total. The van der Waals surface area contributed by atoms with E-state index in [1.54, 1.807) is 0 Å². The summed E-state index contributed by atoms with van der Waals surface area (Å²) >= 11 is 3.50. The first kappa shape index (κ1) is 11.2. The zero-order valence-corrected chi connectivity index (χ0v) is 10.8. The van der Waals surface area contributed by atoms with Crippen molar-refractivity contribution in [3.63, 3.8) is 0 Å². The molecule has 0 amide bonds. The Labute approximate surface area is 104 Å². The Bertz CT molecular complexity index is 489. The molecule has 2 heteroatoms. The summed E-state index contributed by atoms with van der Waals surface area (Å²) in [6.45, 7) is 2.14. The summed E-state index contributed by atoms with van der Waals surface area (Å²) in [7, 11) is 0. The van der Waals surface area contributed by atoms with Crippen molar-refractivity contribution in [2.24, 2.45) is 0 Å². The van der Waals surface area contributed by atoms with Crippen LogP contribution >= 0.6 is 15.9 Å². The third kappa shape index (κ3) is 2.64. The number of halogens is 1. The summed E-state index contributed by atoms with van der Waals surface area (Å²) in [6, 6.07) is 14.4. The third-order valence-electron chi connectivity index (χ3n) is 2.69. The van der Waals surface area contributed by atoms with Crippen molar-refractivity contribution >= 4 is 21.6 Å². The number of nitrogens with two attached hydrogens (primary N) is 1. The SMILES string of the molecule is Cc1ccc(Br)cc1Cc1ccc(N)cc1. The lowest BCUT2D eigenvalue weighted by atomic mass is 10.0. The maximum absolute atomic E-state index is 5.67. The van der Waals surface area contributed by atoms with Gasteiger partial charge < -0.3 is 5.73 Å². The van der Waals surface area contributed by atoms with Crippen LogP contribution in [0.15, 0.2) is 46.9 Å². The second kappa shape index (κ2) is 4.71. The van der Waals surface area contributed by atoms with Gasteiger partial charge in [0.15, 0.2) is 0 Å². The fourth-order valence-electron chi connectivity index (χ4n) is 1.69. The van der Waals surface area contributed by atoms with Crippen molar-refractivity contribution in [1.82, 2.24) is 0 Å². The molecule has 2 aromatic rings. The van der Waals surface area contributed by atoms with Gasteiger partial charge in [-0.3, -0.25) is 0 Å². The second-order valence-corrected chi connectivity index (χ2v) is 4.90. The van der Waals surface area contributed by atoms with E-state index in [0.29, 0.717) is 0 Å². The highest BCUT2D eigenvalue weighted by Gasteiger charge is 2.01. The predicted molar refractivity (Wildman–Crippen MR) is 72.5 cm³/mol. The van der Waals surface area contributed by atoms with E-state index in [1.807, 2.05) is 12.1 Å². The average molecular weight is 276 g/mol. The summed E-state index contributed by atoms with van der Waals surface area (Å²) in [5.41, 5.74) is 10.4. The van der Waals surface area contributed by atoms with E-state index in [9.17, 15) is 0 Å². The number of anilines is 1. The van der Waals surface area contributed by atoms with E-state index >= 15 is 0 Å². The molecule has 0 heterocycles. The zero-order chi connectivity index (χ0) is 11.5. The molecule has 1 nitrogen and oxygen atoms in total. The normalized spacial score (nSPS) is 10.4. The summed E-state index contributed by atoms with van der Waals surface area (Å²) in [5, 5.41) is 0. The van der Waals surface area contributed by atoms with Gasteiger partial charge in [0.05, 0.1) is 0 Å². The molecule has 0 aromatic heterocycles. The van der Waals surface area contributed by atoms with Crippen molar-refractivity contribution < 1.29 is 0 Å². The number of rotatable bonds is 2. The lowest BCUT2D eigenvalue weighted by molar-refractivity contribution is 1.15. The number of hydrogen-bond donors (Lipinski definition) is 1. The van der Waals surface area contributed by atoms with E-state index in [0.717, 1.165) is 16.6 Å². The lowest BCUT2D eigenvalue weighted by Gasteiger charge is -2.07. The van der Waals surface area contributed by atoms with Gasteiger partial charge in [-0.25, -0.2) is 0 Å². The van der Waals surface area contributed by atoms with E-state index in [1.165, 1.54) is 16.7 Å². The van der Waals surface area contributed by atoms with E-state index < -0.39 is 0 Å². The fourth-order valence-corrected chi connectivity index (χ4v) is 2.09. The van der Waals surface area contributed by atoms with Crippen LogP contribution in [0, 0.1) is 6.92 Å². The minimum Gasteiger partial charge on any atom is -0.399 e. The molecule has 16 heavy (non-hydrogen) atoms. The highest BCUT2D eigenvalue weighted by atomic mass is 79.9. The smallest absolute Gasteiger partial charge is 0.0314 e. The number of hydrogen-bond acceptors (Lipinski definition) is 1. The Morgan fingerprint density at radius 3 is 2.44 bits per heavy atom. The van der Waals surface area contributed by atoms with E-state index in [2.05, 4.69) is 53.2 Å². The topological polar surface area (TPSA) is 26.0 Å². The molecule has 0 fully saturated rings. The molecule has 0 spiro atoms. The highest BCUT2D eigenvalue weighted by Crippen LogP contribution is 2.19. The first-order valence-electron chi connectivity index (χ1n) is 5.24. The Balaban J connectivity index is 2.26. The van der Waals surface area contributed by atoms with Gasteiger partial charge in [0, 0.05) is 10.2 Å². The number of aryl methyl sites for hydroxylation is 1. The molecule has 2 aromatic carbocycles. The maximum atomic E-state index is 5.67. The fraction of sp³-hybridized carbons (Fsp3) is 0.143. The van der Waals surface area contributed by atoms with E-state index in [4.69, 9.17) is 5.73 Å². The molecular formula is C14H14BrN. The van der Waals surface area contributed by atoms with Gasteiger partial charge in [0.1, 0.15) is 0 Å². The minimum atomic E-state index is 0.815. The highest BCUT2D eigenvalue weighted by molar-refractivity contribution is 9.10. The van der Waals surface area contributed by atoms with Gasteiger partial charge in [0.25, 0.3) is 0 Å². The monoisotopic (exact) mass is 275 g/mol. The van der Waals surface area contributed by atoms with Crippen molar-refractivity contribution in [2.45, 2.75) is 13.3 Å². The molecule has 82 valence electrons. The average Bonchev–Trinajstić information content (AvgIpc) is 2.27. The second-order valence-electron chi connectivity index (χ2n) is 3.99. The molecule has 2 rings (SSSR count). The molecule has 0 saturated carbocycles. The van der Waals surface area contributed by atoms with Gasteiger partial charge in [0.2, 0.25) is 0 Å². The summed E-state index contributed by atoms with van der Waals surface area (Å²) in [4.78, 5) is 0. The molecule has 0 unspecified atom stereocenters. The van der Waals surface area contributed by atoms with Crippen LogP contribution < -0.4 is 5.73 Å². The molecule has 0 saturated heterocycles. The van der Waals surface area contributed by atoms with Gasteiger partial charge >= 0.3 is 0 Å². The van der Waals surface area contributed by atoms with Crippen LogP contribution in [0.25, 0.3) is 0 Å². The van der Waals surface area contributed by atoms with Crippen LogP contribution in [0.5, 0.6) is 0 Å². The first-order valence-corrected chi connectivity index (χ1v) is 6.04. The number of nitrogen functional groups attached to an aromatic ring is 1. The van der Waals surface area contributed by atoms with Crippen molar-refractivity contribution in [3.8, 4) is 0 Å². The van der Waals surface area contributed by atoms with Crippen LogP contribution in [0.3, 0.4) is 0 Å². The standard InChI is InChI=1S/C14H14BrN/c1-10-2-5-13(15)9-12(10)8-11-3-6-14(16)7-4-11/h2-7,9H,8,16H2,1H3. The van der Waals surface area contributed by atoms with Crippen LogP contribution in [-0.4, -0.2) is 0 Å². The maximum Gasteiger partial charge on any atom is 0.0314 e. The predicted octanol–water partition coefficient (Wildman–Crippen LogP) is 3.93. The van der Waals surface area contributed by atoms with Gasteiger partial charge in [-0.2, -0.15) is 0 Å². The first-order chi connectivity index (χ1) is 7.65. The molecular weight excluding hydrogens is 262 g/mol. The molecule has 0 atom stereocenters. The van der Waals surface area contributed by atoms with Gasteiger partial charge in [-0.1, -0.05) is 34.1 Å². The molecule has 0 aliphatic rings. The van der Waals surface area contributed by atoms with E-state index in [-0.39, 0.29) is 0 Å². The molecule has 0 aliphatic carbocycles.